The van der Waals surface area contributed by atoms with Crippen LogP contribution in [-0.4, -0.2) is 155 Å². The van der Waals surface area contributed by atoms with Crippen molar-refractivity contribution in [3.63, 3.8) is 0 Å². The molecule has 2 aliphatic heterocycles. The first-order chi connectivity index (χ1) is 19.6. The van der Waals surface area contributed by atoms with Gasteiger partial charge in [-0.25, -0.2) is 0 Å². The first kappa shape index (κ1) is 30.1. The van der Waals surface area contributed by atoms with Crippen LogP contribution in [0.2, 0.25) is 0 Å². The van der Waals surface area contributed by atoms with Crippen molar-refractivity contribution in [2.24, 2.45) is 0 Å². The predicted molar refractivity (Wildman–Crippen MR) is 148 cm³/mol. The summed E-state index contributed by atoms with van der Waals surface area (Å²) in [5, 5.41) is 29.6. The highest BCUT2D eigenvalue weighted by atomic mass is 16.4. The Morgan fingerprint density at radius 2 is 0.927 bits per heavy atom. The molecule has 13 nitrogen and oxygen atoms in total. The van der Waals surface area contributed by atoms with E-state index in [0.717, 1.165) is 5.39 Å². The molecule has 1 fully saturated rings. The van der Waals surface area contributed by atoms with Gasteiger partial charge in [0.15, 0.2) is 0 Å². The maximum absolute atomic E-state index is 13.3. The maximum Gasteiger partial charge on any atom is 0.317 e. The molecule has 0 spiro atoms. The number of carbonyl (C=O) groups is 5. The van der Waals surface area contributed by atoms with Crippen LogP contribution in [0.3, 0.4) is 0 Å². The highest BCUT2D eigenvalue weighted by Crippen LogP contribution is 2.29. The van der Waals surface area contributed by atoms with Crippen molar-refractivity contribution >= 4 is 40.5 Å². The Morgan fingerprint density at radius 3 is 1.29 bits per heavy atom. The molecule has 1 saturated heterocycles. The summed E-state index contributed by atoms with van der Waals surface area (Å²) in [5.41, 5.74) is 0.940. The number of carboxylic acids is 3. The van der Waals surface area contributed by atoms with Gasteiger partial charge in [-0.15, -0.1) is 0 Å². The number of imide groups is 1. The lowest BCUT2D eigenvalue weighted by Gasteiger charge is -2.34. The van der Waals surface area contributed by atoms with E-state index < -0.39 is 17.9 Å². The number of hydrogen-bond acceptors (Lipinski definition) is 9. The van der Waals surface area contributed by atoms with Gasteiger partial charge in [0, 0.05) is 82.0 Å². The minimum atomic E-state index is -1.02. The molecule has 0 bridgehead atoms. The zero-order chi connectivity index (χ0) is 29.5. The van der Waals surface area contributed by atoms with Gasteiger partial charge < -0.3 is 15.3 Å². The summed E-state index contributed by atoms with van der Waals surface area (Å²) >= 11 is 0. The van der Waals surface area contributed by atoms with Gasteiger partial charge >= 0.3 is 17.9 Å². The summed E-state index contributed by atoms with van der Waals surface area (Å²) < 4.78 is 0. The molecule has 220 valence electrons. The quantitative estimate of drug-likeness (QED) is 0.345. The Morgan fingerprint density at radius 1 is 0.561 bits per heavy atom. The van der Waals surface area contributed by atoms with Gasteiger partial charge in [0.1, 0.15) is 0 Å². The van der Waals surface area contributed by atoms with Crippen LogP contribution in [0.4, 0.5) is 0 Å². The molecule has 0 atom stereocenters. The van der Waals surface area contributed by atoms with Crippen molar-refractivity contribution in [3.05, 3.63) is 47.5 Å². The van der Waals surface area contributed by atoms with Crippen LogP contribution in [0, 0.1) is 0 Å². The number of rotatable bonds is 9. The van der Waals surface area contributed by atoms with Gasteiger partial charge in [0.25, 0.3) is 11.8 Å². The highest BCUT2D eigenvalue weighted by Gasteiger charge is 2.32. The van der Waals surface area contributed by atoms with Crippen molar-refractivity contribution in [2.45, 2.75) is 0 Å². The summed E-state index contributed by atoms with van der Waals surface area (Å²) in [7, 11) is 0. The van der Waals surface area contributed by atoms with Crippen molar-refractivity contribution in [1.29, 1.82) is 0 Å². The smallest absolute Gasteiger partial charge is 0.317 e. The van der Waals surface area contributed by atoms with Crippen LogP contribution < -0.4 is 0 Å². The molecule has 0 radical (unpaired) electrons. The van der Waals surface area contributed by atoms with Gasteiger partial charge in [-0.05, 0) is 17.5 Å². The molecule has 2 amide bonds. The number of nitrogens with zero attached hydrogens (tertiary/aromatic N) is 5. The van der Waals surface area contributed by atoms with E-state index in [-0.39, 0.29) is 38.0 Å². The molecule has 3 N–H and O–H groups in total. The third-order valence-corrected chi connectivity index (χ3v) is 7.50. The first-order valence-electron chi connectivity index (χ1n) is 13.5. The van der Waals surface area contributed by atoms with Gasteiger partial charge in [0.2, 0.25) is 0 Å². The Labute approximate surface area is 237 Å². The van der Waals surface area contributed by atoms with Crippen LogP contribution in [0.1, 0.15) is 20.7 Å². The Bertz CT molecular complexity index is 1230. The van der Waals surface area contributed by atoms with Gasteiger partial charge in [0.05, 0.1) is 19.6 Å². The third-order valence-electron chi connectivity index (χ3n) is 7.50. The van der Waals surface area contributed by atoms with E-state index >= 15 is 0 Å². The van der Waals surface area contributed by atoms with E-state index in [4.69, 9.17) is 0 Å². The molecule has 0 unspecified atom stereocenters. The lowest BCUT2D eigenvalue weighted by atomic mass is 9.94. The zero-order valence-corrected chi connectivity index (χ0v) is 22.8. The Hall–Kier alpha value is -3.91. The number of aliphatic carboxylic acids is 3. The standard InChI is InChI=1S/C28H35N5O8/c34-23(35)17-30-9-7-29(8-10-31(18-24(36)37)12-14-32(13-11-30)19-25(38)39)15-16-33-27(40)21-5-1-3-20-4-2-6-22(26(20)21)28(33)41/h1-6H,7-19H2,(H,34,35)(H,36,37)(H,38,39). The fraction of sp³-hybridized carbons (Fsp3) is 0.464. The van der Waals surface area contributed by atoms with Crippen molar-refractivity contribution in [3.8, 4) is 0 Å². The number of amides is 2. The number of hydrogen-bond donors (Lipinski definition) is 3. The first-order valence-corrected chi connectivity index (χ1v) is 13.5. The fourth-order valence-corrected chi connectivity index (χ4v) is 5.38. The van der Waals surface area contributed by atoms with Gasteiger partial charge in [-0.1, -0.05) is 24.3 Å². The van der Waals surface area contributed by atoms with Crippen LogP contribution in [0.5, 0.6) is 0 Å². The molecule has 0 aliphatic carbocycles. The number of carbonyl (C=O) groups excluding carboxylic acids is 2. The predicted octanol–water partition coefficient (Wildman–Crippen LogP) is -0.0888. The summed E-state index contributed by atoms with van der Waals surface area (Å²) in [6.07, 6.45) is 0. The van der Waals surface area contributed by atoms with E-state index in [1.165, 1.54) is 4.90 Å². The zero-order valence-electron chi connectivity index (χ0n) is 22.8. The van der Waals surface area contributed by atoms with Crippen LogP contribution >= 0.6 is 0 Å². The normalized spacial score (nSPS) is 18.7. The average Bonchev–Trinajstić information content (AvgIpc) is 2.91. The second-order valence-electron chi connectivity index (χ2n) is 10.3. The van der Waals surface area contributed by atoms with E-state index in [1.54, 1.807) is 39.0 Å². The van der Waals surface area contributed by atoms with Gasteiger partial charge in [-0.3, -0.25) is 48.5 Å². The van der Waals surface area contributed by atoms with E-state index in [2.05, 4.69) is 0 Å². The molecule has 2 aliphatic rings. The second kappa shape index (κ2) is 13.6. The Kier molecular flexibility index (Phi) is 10.00. The third kappa shape index (κ3) is 7.85. The van der Waals surface area contributed by atoms with E-state index in [1.807, 2.05) is 17.0 Å². The molecule has 41 heavy (non-hydrogen) atoms. The van der Waals surface area contributed by atoms with Crippen molar-refractivity contribution in [2.75, 3.05) is 85.1 Å². The number of carboxylic acid groups (broad SMARTS) is 3. The van der Waals surface area contributed by atoms with Crippen LogP contribution in [0.15, 0.2) is 36.4 Å². The molecular weight excluding hydrogens is 534 g/mol. The largest absolute Gasteiger partial charge is 0.480 e. The van der Waals surface area contributed by atoms with Crippen LogP contribution in [0.25, 0.3) is 10.8 Å². The number of benzene rings is 2. The molecule has 2 aromatic rings. The summed E-state index contributed by atoms with van der Waals surface area (Å²) in [6.45, 7) is 2.56. The lowest BCUT2D eigenvalue weighted by Crippen LogP contribution is -2.50. The van der Waals surface area contributed by atoms with Gasteiger partial charge in [-0.2, -0.15) is 0 Å². The van der Waals surface area contributed by atoms with Crippen molar-refractivity contribution in [1.82, 2.24) is 24.5 Å². The summed E-state index contributed by atoms with van der Waals surface area (Å²) in [6, 6.07) is 10.7. The van der Waals surface area contributed by atoms with E-state index in [9.17, 15) is 39.3 Å². The molecule has 2 heterocycles. The summed E-state index contributed by atoms with van der Waals surface area (Å²) in [5.74, 6) is -3.75. The second-order valence-corrected chi connectivity index (χ2v) is 10.3. The lowest BCUT2D eigenvalue weighted by molar-refractivity contribution is -0.140. The minimum Gasteiger partial charge on any atom is -0.480 e. The Balaban J connectivity index is 1.50. The summed E-state index contributed by atoms with van der Waals surface area (Å²) in [4.78, 5) is 69.4. The van der Waals surface area contributed by atoms with E-state index in [0.29, 0.717) is 75.4 Å². The molecule has 2 aromatic carbocycles. The minimum absolute atomic E-state index is 0.118. The molecule has 0 aromatic heterocycles. The molecule has 13 heteroatoms. The SMILES string of the molecule is O=C(O)CN1CCN(CCN2C(=O)c3cccc4cccc(c34)C2=O)CCN(CC(=O)O)CCN(CC(=O)O)CC1. The fourth-order valence-electron chi connectivity index (χ4n) is 5.38. The molecular formula is C28H35N5O8. The highest BCUT2D eigenvalue weighted by molar-refractivity contribution is 6.25. The average molecular weight is 570 g/mol. The topological polar surface area (TPSA) is 162 Å². The van der Waals surface area contributed by atoms with Crippen LogP contribution in [-0.2, 0) is 14.4 Å². The molecule has 4 rings (SSSR count). The monoisotopic (exact) mass is 569 g/mol. The molecule has 0 saturated carbocycles. The maximum atomic E-state index is 13.3. The van der Waals surface area contributed by atoms with Crippen molar-refractivity contribution < 1.29 is 39.3 Å².